The van der Waals surface area contributed by atoms with Gasteiger partial charge >= 0.3 is 0 Å². The first-order valence-corrected chi connectivity index (χ1v) is 9.76. The van der Waals surface area contributed by atoms with E-state index in [2.05, 4.69) is 10.1 Å². The van der Waals surface area contributed by atoms with Gasteiger partial charge in [-0.2, -0.15) is 5.10 Å². The lowest BCUT2D eigenvalue weighted by atomic mass is 10.2. The van der Waals surface area contributed by atoms with Crippen molar-refractivity contribution in [1.29, 1.82) is 0 Å². The summed E-state index contributed by atoms with van der Waals surface area (Å²) in [5.41, 5.74) is 0.979. The molecule has 0 unspecified atom stereocenters. The van der Waals surface area contributed by atoms with E-state index in [1.54, 1.807) is 23.2 Å². The number of carbonyl (C=O) groups is 1. The van der Waals surface area contributed by atoms with Gasteiger partial charge in [0.1, 0.15) is 18.1 Å². The molecule has 1 aromatic carbocycles. The molecule has 0 atom stereocenters. The number of fused-ring (bicyclic) bond motifs is 1. The van der Waals surface area contributed by atoms with E-state index in [1.165, 1.54) is 17.9 Å². The second-order valence-electron chi connectivity index (χ2n) is 6.63. The van der Waals surface area contributed by atoms with Crippen LogP contribution in [0.2, 0.25) is 10.2 Å². The summed E-state index contributed by atoms with van der Waals surface area (Å²) in [5.74, 6) is -0.0960. The number of rotatable bonds is 4. The lowest BCUT2D eigenvalue weighted by molar-refractivity contribution is -0.132. The molecule has 1 saturated heterocycles. The van der Waals surface area contributed by atoms with Gasteiger partial charge in [0.2, 0.25) is 5.91 Å². The van der Waals surface area contributed by atoms with Crippen LogP contribution in [0.4, 0.5) is 10.1 Å². The molecule has 1 fully saturated rings. The Labute approximate surface area is 176 Å². The van der Waals surface area contributed by atoms with Gasteiger partial charge in [-0.25, -0.2) is 14.1 Å². The van der Waals surface area contributed by atoms with Crippen LogP contribution in [0.1, 0.15) is 0 Å². The minimum Gasteiger partial charge on any atom is -0.495 e. The maximum absolute atomic E-state index is 14.4. The predicted octanol–water partition coefficient (Wildman–Crippen LogP) is 3.23. The van der Waals surface area contributed by atoms with E-state index in [0.29, 0.717) is 53.8 Å². The van der Waals surface area contributed by atoms with E-state index >= 15 is 0 Å². The lowest BCUT2D eigenvalue weighted by Crippen LogP contribution is -2.49. The van der Waals surface area contributed by atoms with Gasteiger partial charge in [-0.3, -0.25) is 4.79 Å². The molecule has 7 nitrogen and oxygen atoms in total. The first-order valence-electron chi connectivity index (χ1n) is 9.00. The zero-order valence-electron chi connectivity index (χ0n) is 15.6. The Morgan fingerprint density at radius 2 is 2.00 bits per heavy atom. The highest BCUT2D eigenvalue weighted by Gasteiger charge is 2.25. The Morgan fingerprint density at radius 3 is 2.72 bits per heavy atom. The molecular weight excluding hydrogens is 420 g/mol. The summed E-state index contributed by atoms with van der Waals surface area (Å²) in [7, 11) is 1.49. The molecular formula is C19H18Cl2FN5O2. The standard InChI is InChI=1S/C19H18Cl2FN5O2/c1-29-16-10-15(14(22)9-13(16)20)25-5-7-26(8-6-25)17(28)11-27-19-12(18(21)24-27)3-2-4-23-19/h2-4,9-10H,5-8,11H2,1H3. The first kappa shape index (κ1) is 19.7. The fourth-order valence-corrected chi connectivity index (χ4v) is 3.89. The number of methoxy groups -OCH3 is 1. The number of aromatic nitrogens is 3. The molecule has 0 bridgehead atoms. The average Bonchev–Trinajstić information content (AvgIpc) is 3.04. The predicted molar refractivity (Wildman–Crippen MR) is 109 cm³/mol. The highest BCUT2D eigenvalue weighted by molar-refractivity contribution is 6.34. The molecule has 0 radical (unpaired) electrons. The molecule has 0 aliphatic carbocycles. The van der Waals surface area contributed by atoms with E-state index in [1.807, 2.05) is 11.0 Å². The molecule has 3 aromatic rings. The van der Waals surface area contributed by atoms with E-state index < -0.39 is 5.82 Å². The highest BCUT2D eigenvalue weighted by Crippen LogP contribution is 2.32. The van der Waals surface area contributed by atoms with Crippen LogP contribution in [-0.4, -0.2) is 58.9 Å². The van der Waals surface area contributed by atoms with E-state index in [4.69, 9.17) is 27.9 Å². The van der Waals surface area contributed by atoms with Crippen LogP contribution in [0.3, 0.4) is 0 Å². The Morgan fingerprint density at radius 1 is 1.24 bits per heavy atom. The van der Waals surface area contributed by atoms with Gasteiger partial charge in [0.05, 0.1) is 23.2 Å². The van der Waals surface area contributed by atoms with Gasteiger partial charge in [0, 0.05) is 38.4 Å². The molecule has 1 aliphatic rings. The maximum atomic E-state index is 14.4. The summed E-state index contributed by atoms with van der Waals surface area (Å²) in [6, 6.07) is 6.41. The number of hydrogen-bond acceptors (Lipinski definition) is 5. The van der Waals surface area contributed by atoms with Crippen molar-refractivity contribution in [2.75, 3.05) is 38.2 Å². The first-order chi connectivity index (χ1) is 14.0. The zero-order chi connectivity index (χ0) is 20.5. The number of halogens is 3. The van der Waals surface area contributed by atoms with Gasteiger partial charge in [-0.15, -0.1) is 0 Å². The molecule has 29 heavy (non-hydrogen) atoms. The minimum atomic E-state index is -0.417. The number of amides is 1. The Kier molecular flexibility index (Phi) is 5.47. The number of benzene rings is 1. The van der Waals surface area contributed by atoms with Crippen LogP contribution in [-0.2, 0) is 11.3 Å². The van der Waals surface area contributed by atoms with Crippen LogP contribution in [0.25, 0.3) is 11.0 Å². The number of ether oxygens (including phenoxy) is 1. The monoisotopic (exact) mass is 437 g/mol. The van der Waals surface area contributed by atoms with Gasteiger partial charge in [0.25, 0.3) is 0 Å². The van der Waals surface area contributed by atoms with Gasteiger partial charge in [-0.1, -0.05) is 23.2 Å². The number of pyridine rings is 1. The van der Waals surface area contributed by atoms with Gasteiger partial charge < -0.3 is 14.5 Å². The average molecular weight is 438 g/mol. The molecule has 0 N–H and O–H groups in total. The van der Waals surface area contributed by atoms with Crippen LogP contribution in [0.5, 0.6) is 5.75 Å². The molecule has 4 rings (SSSR count). The van der Waals surface area contributed by atoms with Crippen LogP contribution < -0.4 is 9.64 Å². The molecule has 1 amide bonds. The third-order valence-electron chi connectivity index (χ3n) is 4.94. The third-order valence-corrected chi connectivity index (χ3v) is 5.52. The normalized spacial score (nSPS) is 14.5. The number of hydrogen-bond donors (Lipinski definition) is 0. The maximum Gasteiger partial charge on any atom is 0.244 e. The van der Waals surface area contributed by atoms with Crippen LogP contribution >= 0.6 is 23.2 Å². The fourth-order valence-electron chi connectivity index (χ4n) is 3.42. The van der Waals surface area contributed by atoms with E-state index in [-0.39, 0.29) is 17.5 Å². The number of nitrogens with zero attached hydrogens (tertiary/aromatic N) is 5. The summed E-state index contributed by atoms with van der Waals surface area (Å²) >= 11 is 12.1. The SMILES string of the molecule is COc1cc(N2CCN(C(=O)Cn3nc(Cl)c4cccnc43)CC2)c(F)cc1Cl. The number of anilines is 1. The molecule has 2 aromatic heterocycles. The summed E-state index contributed by atoms with van der Waals surface area (Å²) < 4.78 is 21.0. The van der Waals surface area contributed by atoms with E-state index in [9.17, 15) is 9.18 Å². The second kappa shape index (κ2) is 8.04. The zero-order valence-corrected chi connectivity index (χ0v) is 17.1. The van der Waals surface area contributed by atoms with Gasteiger partial charge in [-0.05, 0) is 18.2 Å². The van der Waals surface area contributed by atoms with Crippen molar-refractivity contribution in [1.82, 2.24) is 19.7 Å². The Bertz CT molecular complexity index is 1070. The van der Waals surface area contributed by atoms with E-state index in [0.717, 1.165) is 0 Å². The number of carbonyl (C=O) groups excluding carboxylic acids is 1. The Hall–Kier alpha value is -2.58. The Balaban J connectivity index is 1.44. The lowest BCUT2D eigenvalue weighted by Gasteiger charge is -2.36. The fraction of sp³-hybridized carbons (Fsp3) is 0.316. The molecule has 0 saturated carbocycles. The van der Waals surface area contributed by atoms with Crippen molar-refractivity contribution >= 4 is 45.8 Å². The van der Waals surface area contributed by atoms with Crippen molar-refractivity contribution in [3.8, 4) is 5.75 Å². The van der Waals surface area contributed by atoms with Crippen molar-refractivity contribution in [3.05, 3.63) is 46.5 Å². The third kappa shape index (κ3) is 3.82. The van der Waals surface area contributed by atoms with Crippen LogP contribution in [0, 0.1) is 5.82 Å². The topological polar surface area (TPSA) is 63.5 Å². The molecule has 0 spiro atoms. The largest absolute Gasteiger partial charge is 0.495 e. The minimum absolute atomic E-state index is 0.0450. The molecule has 3 heterocycles. The summed E-state index contributed by atoms with van der Waals surface area (Å²) in [6.45, 7) is 1.95. The smallest absolute Gasteiger partial charge is 0.244 e. The van der Waals surface area contributed by atoms with Gasteiger partial charge in [0.15, 0.2) is 10.8 Å². The molecule has 10 heteroatoms. The van der Waals surface area contributed by atoms with Crippen molar-refractivity contribution in [3.63, 3.8) is 0 Å². The van der Waals surface area contributed by atoms with Crippen molar-refractivity contribution in [2.45, 2.75) is 6.54 Å². The van der Waals surface area contributed by atoms with Crippen LogP contribution in [0.15, 0.2) is 30.5 Å². The van der Waals surface area contributed by atoms with Crippen molar-refractivity contribution < 1.29 is 13.9 Å². The molecule has 1 aliphatic heterocycles. The summed E-state index contributed by atoms with van der Waals surface area (Å²) in [5, 5.41) is 5.46. The quantitative estimate of drug-likeness (QED) is 0.626. The van der Waals surface area contributed by atoms with Crippen molar-refractivity contribution in [2.24, 2.45) is 0 Å². The highest BCUT2D eigenvalue weighted by atomic mass is 35.5. The summed E-state index contributed by atoms with van der Waals surface area (Å²) in [6.07, 6.45) is 1.63. The molecule has 152 valence electrons. The summed E-state index contributed by atoms with van der Waals surface area (Å²) in [4.78, 5) is 20.6. The second-order valence-corrected chi connectivity index (χ2v) is 7.39. The number of piperazine rings is 1.